The van der Waals surface area contributed by atoms with Crippen molar-refractivity contribution in [1.82, 2.24) is 20.4 Å². The maximum absolute atomic E-state index is 10.8. The molecule has 2 amide bonds. The summed E-state index contributed by atoms with van der Waals surface area (Å²) in [6.07, 6.45) is 0.815. The Bertz CT molecular complexity index is 631. The molecule has 0 spiro atoms. The molecule has 138 valence electrons. The molecule has 1 unspecified atom stereocenters. The fraction of sp³-hybridized carbons (Fsp3) is 0.643. The molecule has 0 radical (unpaired) electrons. The molecule has 0 saturated carbocycles. The third-order valence-corrected chi connectivity index (χ3v) is 4.41. The van der Waals surface area contributed by atoms with Gasteiger partial charge in [-0.15, -0.1) is 0 Å². The second-order valence-electron chi connectivity index (χ2n) is 6.92. The van der Waals surface area contributed by atoms with Crippen molar-refractivity contribution in [1.29, 1.82) is 0 Å². The van der Waals surface area contributed by atoms with E-state index in [1.54, 1.807) is 12.4 Å². The molecular weight excluding hydrogens is 331 g/mol. The van der Waals surface area contributed by atoms with Crippen molar-refractivity contribution in [2.24, 2.45) is 0 Å². The van der Waals surface area contributed by atoms with Crippen LogP contribution in [0.5, 0.6) is 0 Å². The first-order chi connectivity index (χ1) is 11.5. The summed E-state index contributed by atoms with van der Waals surface area (Å²) in [6.45, 7) is 7.87. The van der Waals surface area contributed by atoms with Crippen LogP contribution >= 0.6 is 0 Å². The summed E-state index contributed by atoms with van der Waals surface area (Å²) in [7, 11) is -0.568. The Kier molecular flexibility index (Phi) is 5.28. The third kappa shape index (κ3) is 4.64. The Morgan fingerprint density at radius 3 is 2.36 bits per heavy atom. The highest BCUT2D eigenvalue weighted by Gasteiger charge is 2.52. The van der Waals surface area contributed by atoms with Crippen LogP contribution in [0.2, 0.25) is 0 Å². The fourth-order valence-corrected chi connectivity index (χ4v) is 2.35. The van der Waals surface area contributed by atoms with Gasteiger partial charge in [-0.1, -0.05) is 0 Å². The predicted molar refractivity (Wildman–Crippen MR) is 88.9 cm³/mol. The molecule has 10 nitrogen and oxygen atoms in total. The predicted octanol–water partition coefficient (Wildman–Crippen LogP) is 0.0861. The Morgan fingerprint density at radius 1 is 1.24 bits per heavy atom. The molecule has 0 bridgehead atoms. The van der Waals surface area contributed by atoms with Crippen LogP contribution in [-0.2, 0) is 15.9 Å². The van der Waals surface area contributed by atoms with Crippen LogP contribution in [0.1, 0.15) is 27.7 Å². The molecule has 2 rings (SSSR count). The molecule has 1 aliphatic rings. The van der Waals surface area contributed by atoms with E-state index in [0.717, 1.165) is 0 Å². The zero-order valence-corrected chi connectivity index (χ0v) is 14.6. The number of nitrogens with zero attached hydrogens (tertiary/aromatic N) is 2. The molecule has 1 fully saturated rings. The topological polar surface area (TPSA) is 135 Å². The molecule has 1 atom stereocenters. The Balaban J connectivity index is 2.04. The van der Waals surface area contributed by atoms with E-state index in [4.69, 9.17) is 19.5 Å². The van der Waals surface area contributed by atoms with E-state index in [1.165, 1.54) is 4.68 Å². The quantitative estimate of drug-likeness (QED) is 0.532. The molecule has 2 heterocycles. The van der Waals surface area contributed by atoms with Gasteiger partial charge in [-0.25, -0.2) is 9.59 Å². The van der Waals surface area contributed by atoms with Crippen LogP contribution < -0.4 is 16.1 Å². The number of rotatable bonds is 6. The zero-order valence-electron chi connectivity index (χ0n) is 14.6. The fourth-order valence-electron chi connectivity index (χ4n) is 2.35. The SMILES string of the molecule is CC1(C)OB(c2cnn(CC(CNC(=O)O)NC(=O)O)c2)OC1(C)C. The summed E-state index contributed by atoms with van der Waals surface area (Å²) in [5, 5.41) is 26.1. The second-order valence-corrected chi connectivity index (χ2v) is 6.92. The minimum absolute atomic E-state index is 0.0761. The van der Waals surface area contributed by atoms with E-state index in [-0.39, 0.29) is 13.1 Å². The van der Waals surface area contributed by atoms with Gasteiger partial charge in [0.15, 0.2) is 0 Å². The molecule has 1 aliphatic heterocycles. The van der Waals surface area contributed by atoms with Gasteiger partial charge in [0.2, 0.25) is 0 Å². The van der Waals surface area contributed by atoms with Gasteiger partial charge in [-0.3, -0.25) is 4.68 Å². The first kappa shape index (κ1) is 19.1. The van der Waals surface area contributed by atoms with Gasteiger partial charge < -0.3 is 30.2 Å². The summed E-state index contributed by atoms with van der Waals surface area (Å²) in [4.78, 5) is 21.4. The van der Waals surface area contributed by atoms with Gasteiger partial charge >= 0.3 is 19.3 Å². The van der Waals surface area contributed by atoms with E-state index in [9.17, 15) is 9.59 Å². The number of hydrogen-bond acceptors (Lipinski definition) is 5. The van der Waals surface area contributed by atoms with E-state index < -0.39 is 36.5 Å². The van der Waals surface area contributed by atoms with Crippen LogP contribution in [-0.4, -0.2) is 63.1 Å². The molecule has 1 aromatic rings. The first-order valence-electron chi connectivity index (χ1n) is 7.84. The Morgan fingerprint density at radius 2 is 1.84 bits per heavy atom. The lowest BCUT2D eigenvalue weighted by Crippen LogP contribution is -2.45. The van der Waals surface area contributed by atoms with Crippen molar-refractivity contribution in [2.45, 2.75) is 51.5 Å². The van der Waals surface area contributed by atoms with Crippen molar-refractivity contribution in [3.63, 3.8) is 0 Å². The smallest absolute Gasteiger partial charge is 0.465 e. The highest BCUT2D eigenvalue weighted by Crippen LogP contribution is 2.36. The van der Waals surface area contributed by atoms with Gasteiger partial charge in [0, 0.05) is 24.4 Å². The van der Waals surface area contributed by atoms with Gasteiger partial charge in [-0.2, -0.15) is 5.10 Å². The molecular formula is C14H23BN4O6. The zero-order chi connectivity index (χ0) is 18.8. The lowest BCUT2D eigenvalue weighted by molar-refractivity contribution is 0.00578. The lowest BCUT2D eigenvalue weighted by Gasteiger charge is -2.32. The van der Waals surface area contributed by atoms with Crippen LogP contribution in [0.15, 0.2) is 12.4 Å². The number of hydrogen-bond donors (Lipinski definition) is 4. The largest absolute Gasteiger partial charge is 0.498 e. The van der Waals surface area contributed by atoms with Crippen LogP contribution in [0, 0.1) is 0 Å². The van der Waals surface area contributed by atoms with Crippen molar-refractivity contribution >= 4 is 24.8 Å². The van der Waals surface area contributed by atoms with E-state index in [0.29, 0.717) is 5.46 Å². The van der Waals surface area contributed by atoms with E-state index in [2.05, 4.69) is 15.7 Å². The van der Waals surface area contributed by atoms with E-state index >= 15 is 0 Å². The van der Waals surface area contributed by atoms with Crippen molar-refractivity contribution in [3.05, 3.63) is 12.4 Å². The number of carbonyl (C=O) groups is 2. The van der Waals surface area contributed by atoms with Gasteiger partial charge in [0.05, 0.1) is 23.8 Å². The van der Waals surface area contributed by atoms with Crippen molar-refractivity contribution < 1.29 is 29.1 Å². The standard InChI is InChI=1S/C14H23BN4O6/c1-13(2)14(3,4)25-15(24-13)9-5-17-19(7-9)8-10(18-12(22)23)6-16-11(20)21/h5,7,10,16,18H,6,8H2,1-4H3,(H,20,21)(H,22,23). The lowest BCUT2D eigenvalue weighted by atomic mass is 9.82. The van der Waals surface area contributed by atoms with Crippen LogP contribution in [0.4, 0.5) is 9.59 Å². The summed E-state index contributed by atoms with van der Waals surface area (Å²) in [5.41, 5.74) is -0.240. The third-order valence-electron chi connectivity index (χ3n) is 4.41. The van der Waals surface area contributed by atoms with E-state index in [1.807, 2.05) is 27.7 Å². The van der Waals surface area contributed by atoms with Crippen LogP contribution in [0.3, 0.4) is 0 Å². The summed E-state index contributed by atoms with van der Waals surface area (Å²) in [5.74, 6) is 0. The maximum Gasteiger partial charge on any atom is 0.498 e. The molecule has 4 N–H and O–H groups in total. The van der Waals surface area contributed by atoms with Crippen molar-refractivity contribution in [2.75, 3.05) is 6.54 Å². The molecule has 25 heavy (non-hydrogen) atoms. The molecule has 0 aromatic carbocycles. The minimum atomic E-state index is -1.24. The van der Waals surface area contributed by atoms with Crippen molar-refractivity contribution in [3.8, 4) is 0 Å². The summed E-state index contributed by atoms with van der Waals surface area (Å²) < 4.78 is 13.4. The Hall–Kier alpha value is -2.27. The van der Waals surface area contributed by atoms with Gasteiger partial charge in [0.1, 0.15) is 0 Å². The number of aromatic nitrogens is 2. The summed E-state index contributed by atoms with van der Waals surface area (Å²) >= 11 is 0. The Labute approximate surface area is 145 Å². The average Bonchev–Trinajstić information content (AvgIpc) is 2.98. The monoisotopic (exact) mass is 354 g/mol. The number of amides is 2. The highest BCUT2D eigenvalue weighted by atomic mass is 16.7. The number of carboxylic acid groups (broad SMARTS) is 2. The highest BCUT2D eigenvalue weighted by molar-refractivity contribution is 6.61. The average molecular weight is 354 g/mol. The molecule has 1 aromatic heterocycles. The molecule has 0 aliphatic carbocycles. The molecule has 11 heteroatoms. The second kappa shape index (κ2) is 6.92. The van der Waals surface area contributed by atoms with Crippen LogP contribution in [0.25, 0.3) is 0 Å². The molecule has 1 saturated heterocycles. The normalized spacial score (nSPS) is 19.4. The minimum Gasteiger partial charge on any atom is -0.465 e. The number of nitrogens with one attached hydrogen (secondary N) is 2. The first-order valence-corrected chi connectivity index (χ1v) is 7.84. The van der Waals surface area contributed by atoms with Gasteiger partial charge in [0.25, 0.3) is 0 Å². The summed E-state index contributed by atoms with van der Waals surface area (Å²) in [6, 6.07) is -0.667. The maximum atomic E-state index is 10.8. The van der Waals surface area contributed by atoms with Gasteiger partial charge in [-0.05, 0) is 27.7 Å².